The molecule has 0 bridgehead atoms. The van der Waals surface area contributed by atoms with Crippen molar-refractivity contribution in [1.82, 2.24) is 0 Å². The van der Waals surface area contributed by atoms with Crippen molar-refractivity contribution in [3.63, 3.8) is 0 Å². The molecule has 0 N–H and O–H groups in total. The monoisotopic (exact) mass is 302 g/mol. The van der Waals surface area contributed by atoms with Gasteiger partial charge in [-0.05, 0) is 23.3 Å². The first-order valence-electron chi connectivity index (χ1n) is 6.56. The molecule has 5 heteroatoms. The predicted molar refractivity (Wildman–Crippen MR) is 87.4 cm³/mol. The van der Waals surface area contributed by atoms with Crippen molar-refractivity contribution in [3.05, 3.63) is 65.7 Å². The van der Waals surface area contributed by atoms with Crippen LogP contribution >= 0.6 is 0 Å². The molecule has 0 amide bonds. The SMILES string of the molecule is CN(C)c1ccc(/C=N/S(=O)(=O)Cc2ccccc2)cc1. The van der Waals surface area contributed by atoms with Crippen LogP contribution in [0.2, 0.25) is 0 Å². The Balaban J connectivity index is 2.09. The minimum Gasteiger partial charge on any atom is -0.378 e. The van der Waals surface area contributed by atoms with Crippen LogP contribution in [-0.2, 0) is 15.8 Å². The minimum atomic E-state index is -3.50. The van der Waals surface area contributed by atoms with Crippen molar-refractivity contribution < 1.29 is 8.42 Å². The van der Waals surface area contributed by atoms with Crippen LogP contribution in [0.15, 0.2) is 59.0 Å². The second-order valence-electron chi connectivity index (χ2n) is 4.93. The van der Waals surface area contributed by atoms with Gasteiger partial charge in [0.1, 0.15) is 0 Å². The van der Waals surface area contributed by atoms with E-state index in [4.69, 9.17) is 0 Å². The van der Waals surface area contributed by atoms with Gasteiger partial charge in [-0.15, -0.1) is 0 Å². The molecule has 0 radical (unpaired) electrons. The fourth-order valence-corrected chi connectivity index (χ4v) is 2.79. The Bertz CT molecular complexity index is 706. The first kappa shape index (κ1) is 15.3. The summed E-state index contributed by atoms with van der Waals surface area (Å²) in [5.41, 5.74) is 2.55. The number of sulfonamides is 1. The number of rotatable bonds is 5. The molecule has 0 saturated heterocycles. The van der Waals surface area contributed by atoms with E-state index in [0.29, 0.717) is 0 Å². The first-order valence-corrected chi connectivity index (χ1v) is 8.16. The maximum Gasteiger partial charge on any atom is 0.257 e. The Labute approximate surface area is 125 Å². The van der Waals surface area contributed by atoms with Crippen LogP contribution in [0.1, 0.15) is 11.1 Å². The molecule has 0 aliphatic rings. The molecule has 0 atom stereocenters. The number of hydrogen-bond donors (Lipinski definition) is 0. The van der Waals surface area contributed by atoms with E-state index in [0.717, 1.165) is 16.8 Å². The Morgan fingerprint density at radius 1 is 1.00 bits per heavy atom. The zero-order chi connectivity index (χ0) is 15.3. The van der Waals surface area contributed by atoms with Crippen molar-refractivity contribution in [3.8, 4) is 0 Å². The fraction of sp³-hybridized carbons (Fsp3) is 0.188. The van der Waals surface area contributed by atoms with Gasteiger partial charge in [0.05, 0.1) is 5.75 Å². The smallest absolute Gasteiger partial charge is 0.257 e. The first-order chi connectivity index (χ1) is 9.96. The van der Waals surface area contributed by atoms with Gasteiger partial charge in [-0.25, -0.2) is 8.42 Å². The van der Waals surface area contributed by atoms with Crippen molar-refractivity contribution in [1.29, 1.82) is 0 Å². The summed E-state index contributed by atoms with van der Waals surface area (Å²) in [6.07, 6.45) is 1.39. The molecular formula is C16H18N2O2S. The van der Waals surface area contributed by atoms with Gasteiger partial charge in [0.2, 0.25) is 0 Å². The molecule has 2 aromatic carbocycles. The molecule has 0 heterocycles. The summed E-state index contributed by atoms with van der Waals surface area (Å²) >= 11 is 0. The molecule has 2 aromatic rings. The summed E-state index contributed by atoms with van der Waals surface area (Å²) in [6.45, 7) is 0. The summed E-state index contributed by atoms with van der Waals surface area (Å²) in [5.74, 6) is -0.0832. The lowest BCUT2D eigenvalue weighted by atomic mass is 10.2. The van der Waals surface area contributed by atoms with Crippen LogP contribution in [0.3, 0.4) is 0 Å². The predicted octanol–water partition coefficient (Wildman–Crippen LogP) is 2.70. The molecular weight excluding hydrogens is 284 g/mol. The quantitative estimate of drug-likeness (QED) is 0.798. The average Bonchev–Trinajstić information content (AvgIpc) is 2.46. The highest BCUT2D eigenvalue weighted by molar-refractivity contribution is 7.89. The van der Waals surface area contributed by atoms with Gasteiger partial charge in [-0.2, -0.15) is 4.40 Å². The molecule has 0 aromatic heterocycles. The Kier molecular flexibility index (Phi) is 4.75. The van der Waals surface area contributed by atoms with E-state index in [2.05, 4.69) is 4.40 Å². The largest absolute Gasteiger partial charge is 0.378 e. The van der Waals surface area contributed by atoms with Gasteiger partial charge in [-0.3, -0.25) is 0 Å². The zero-order valence-electron chi connectivity index (χ0n) is 12.1. The Hall–Kier alpha value is -2.14. The molecule has 0 saturated carbocycles. The van der Waals surface area contributed by atoms with Gasteiger partial charge in [-0.1, -0.05) is 42.5 Å². The van der Waals surface area contributed by atoms with Crippen LogP contribution in [0, 0.1) is 0 Å². The lowest BCUT2D eigenvalue weighted by Crippen LogP contribution is -2.08. The normalized spacial score (nSPS) is 11.7. The summed E-state index contributed by atoms with van der Waals surface area (Å²) in [4.78, 5) is 1.98. The summed E-state index contributed by atoms with van der Waals surface area (Å²) in [6, 6.07) is 16.6. The van der Waals surface area contributed by atoms with E-state index >= 15 is 0 Å². The number of anilines is 1. The topological polar surface area (TPSA) is 49.7 Å². The van der Waals surface area contributed by atoms with Gasteiger partial charge >= 0.3 is 0 Å². The summed E-state index contributed by atoms with van der Waals surface area (Å²) in [7, 11) is 0.403. The van der Waals surface area contributed by atoms with Crippen LogP contribution in [0.5, 0.6) is 0 Å². The van der Waals surface area contributed by atoms with E-state index in [1.165, 1.54) is 6.21 Å². The van der Waals surface area contributed by atoms with E-state index in [9.17, 15) is 8.42 Å². The number of nitrogens with zero attached hydrogens (tertiary/aromatic N) is 2. The van der Waals surface area contributed by atoms with Gasteiger partial charge < -0.3 is 4.90 Å². The molecule has 0 aliphatic carbocycles. The molecule has 2 rings (SSSR count). The van der Waals surface area contributed by atoms with Crippen LogP contribution in [-0.4, -0.2) is 28.7 Å². The zero-order valence-corrected chi connectivity index (χ0v) is 12.9. The van der Waals surface area contributed by atoms with Gasteiger partial charge in [0.15, 0.2) is 0 Å². The lowest BCUT2D eigenvalue weighted by molar-refractivity contribution is 0.597. The van der Waals surface area contributed by atoms with Crippen molar-refractivity contribution in [2.45, 2.75) is 5.75 Å². The van der Waals surface area contributed by atoms with E-state index in [-0.39, 0.29) is 5.75 Å². The summed E-state index contributed by atoms with van der Waals surface area (Å²) < 4.78 is 27.6. The van der Waals surface area contributed by atoms with Crippen LogP contribution < -0.4 is 4.90 Å². The molecule has 0 fully saturated rings. The summed E-state index contributed by atoms with van der Waals surface area (Å²) in [5, 5.41) is 0. The second kappa shape index (κ2) is 6.54. The number of hydrogen-bond acceptors (Lipinski definition) is 3. The third-order valence-electron chi connectivity index (χ3n) is 2.96. The molecule has 4 nitrogen and oxygen atoms in total. The standard InChI is InChI=1S/C16H18N2O2S/c1-18(2)16-10-8-14(9-11-16)12-17-21(19,20)13-15-6-4-3-5-7-15/h3-12H,13H2,1-2H3/b17-12+. The number of benzene rings is 2. The van der Waals surface area contributed by atoms with Crippen LogP contribution in [0.4, 0.5) is 5.69 Å². The second-order valence-corrected chi connectivity index (χ2v) is 6.60. The van der Waals surface area contributed by atoms with E-state index in [1.807, 2.05) is 61.5 Å². The molecule has 21 heavy (non-hydrogen) atoms. The minimum absolute atomic E-state index is 0.0832. The van der Waals surface area contributed by atoms with Gasteiger partial charge in [0, 0.05) is 26.0 Å². The third kappa shape index (κ3) is 4.72. The molecule has 0 aliphatic heterocycles. The van der Waals surface area contributed by atoms with E-state index < -0.39 is 10.0 Å². The van der Waals surface area contributed by atoms with Crippen molar-refractivity contribution in [2.24, 2.45) is 4.40 Å². The molecule has 0 spiro atoms. The van der Waals surface area contributed by atoms with Crippen molar-refractivity contribution in [2.75, 3.05) is 19.0 Å². The fourth-order valence-electron chi connectivity index (χ4n) is 1.82. The van der Waals surface area contributed by atoms with Crippen molar-refractivity contribution >= 4 is 21.9 Å². The Morgan fingerprint density at radius 3 is 2.19 bits per heavy atom. The molecule has 110 valence electrons. The Morgan fingerprint density at radius 2 is 1.62 bits per heavy atom. The average molecular weight is 302 g/mol. The maximum absolute atomic E-state index is 11.9. The highest BCUT2D eigenvalue weighted by Crippen LogP contribution is 2.12. The molecule has 0 unspecified atom stereocenters. The maximum atomic E-state index is 11.9. The van der Waals surface area contributed by atoms with E-state index in [1.54, 1.807) is 12.1 Å². The third-order valence-corrected chi connectivity index (χ3v) is 4.09. The van der Waals surface area contributed by atoms with Crippen LogP contribution in [0.25, 0.3) is 0 Å². The lowest BCUT2D eigenvalue weighted by Gasteiger charge is -2.11. The van der Waals surface area contributed by atoms with Gasteiger partial charge in [0.25, 0.3) is 10.0 Å². The highest BCUT2D eigenvalue weighted by atomic mass is 32.2. The highest BCUT2D eigenvalue weighted by Gasteiger charge is 2.08.